The predicted molar refractivity (Wildman–Crippen MR) is 102 cm³/mol. The van der Waals surface area contributed by atoms with Gasteiger partial charge in [-0.3, -0.25) is 25.5 Å². The van der Waals surface area contributed by atoms with Crippen LogP contribution in [0.4, 0.5) is 0 Å². The van der Waals surface area contributed by atoms with Gasteiger partial charge in [0.15, 0.2) is 0 Å². The van der Waals surface area contributed by atoms with E-state index in [2.05, 4.69) is 21.0 Å². The maximum Gasteiger partial charge on any atom is 0.287 e. The fraction of sp³-hybridized carbons (Fsp3) is 0.0556. The number of halogens is 2. The van der Waals surface area contributed by atoms with Gasteiger partial charge in [-0.2, -0.15) is 5.10 Å². The molecular weight excluding hydrogens is 391 g/mol. The summed E-state index contributed by atoms with van der Waals surface area (Å²) in [5.41, 5.74) is 6.29. The molecule has 0 atom stereocenters. The highest BCUT2D eigenvalue weighted by molar-refractivity contribution is 6.35. The monoisotopic (exact) mass is 404 g/mol. The third-order valence-corrected chi connectivity index (χ3v) is 4.24. The van der Waals surface area contributed by atoms with E-state index in [0.29, 0.717) is 10.7 Å². The lowest BCUT2D eigenvalue weighted by Crippen LogP contribution is -2.41. The molecule has 0 saturated carbocycles. The Morgan fingerprint density at radius 2 is 1.70 bits per heavy atom. The lowest BCUT2D eigenvalue weighted by molar-refractivity contribution is 0.0844. The van der Waals surface area contributed by atoms with Crippen molar-refractivity contribution in [2.45, 2.75) is 0 Å². The van der Waals surface area contributed by atoms with Crippen LogP contribution in [0.1, 0.15) is 20.8 Å². The highest BCUT2D eigenvalue weighted by Crippen LogP contribution is 2.21. The Morgan fingerprint density at radius 3 is 2.41 bits per heavy atom. The molecule has 0 aliphatic carbocycles. The molecule has 0 bridgehead atoms. The van der Waals surface area contributed by atoms with Gasteiger partial charge in [0.2, 0.25) is 0 Å². The fourth-order valence-corrected chi connectivity index (χ4v) is 2.64. The second-order valence-electron chi connectivity index (χ2n) is 5.43. The van der Waals surface area contributed by atoms with E-state index in [1.54, 1.807) is 31.4 Å². The number of nitrogens with zero attached hydrogens (tertiary/aromatic N) is 1. The van der Waals surface area contributed by atoms with Crippen LogP contribution < -0.4 is 15.6 Å². The first-order chi connectivity index (χ1) is 13.0. The molecule has 138 valence electrons. The number of nitrogens with one attached hydrogen (secondary N) is 3. The normalized spacial score (nSPS) is 10.3. The minimum Gasteiger partial charge on any atom is -0.497 e. The zero-order valence-electron chi connectivity index (χ0n) is 14.0. The van der Waals surface area contributed by atoms with Crippen molar-refractivity contribution < 1.29 is 14.3 Å². The Labute approximate surface area is 164 Å². The van der Waals surface area contributed by atoms with Crippen molar-refractivity contribution >= 4 is 35.0 Å². The number of hydrazine groups is 1. The van der Waals surface area contributed by atoms with E-state index in [4.69, 9.17) is 27.9 Å². The van der Waals surface area contributed by atoms with Crippen LogP contribution in [0.2, 0.25) is 10.0 Å². The molecule has 0 saturated heterocycles. The van der Waals surface area contributed by atoms with Gasteiger partial charge in [0.25, 0.3) is 11.8 Å². The molecule has 0 aliphatic rings. The van der Waals surface area contributed by atoms with Gasteiger partial charge >= 0.3 is 0 Å². The minimum absolute atomic E-state index is 0.146. The number of carbonyl (C=O) groups is 2. The number of ether oxygens (including phenoxy) is 1. The first kappa shape index (κ1) is 18.8. The number of hydrogen-bond acceptors (Lipinski definition) is 4. The Kier molecular flexibility index (Phi) is 5.63. The third-order valence-electron chi connectivity index (χ3n) is 3.67. The van der Waals surface area contributed by atoms with Crippen molar-refractivity contribution in [1.29, 1.82) is 0 Å². The van der Waals surface area contributed by atoms with Gasteiger partial charge in [0.05, 0.1) is 23.4 Å². The van der Waals surface area contributed by atoms with Crippen LogP contribution in [-0.2, 0) is 0 Å². The molecule has 0 unspecified atom stereocenters. The lowest BCUT2D eigenvalue weighted by atomic mass is 10.1. The van der Waals surface area contributed by atoms with Gasteiger partial charge in [-0.05, 0) is 48.5 Å². The molecular formula is C18H14Cl2N4O3. The first-order valence-electron chi connectivity index (χ1n) is 7.73. The van der Waals surface area contributed by atoms with Crippen LogP contribution in [-0.4, -0.2) is 29.1 Å². The third kappa shape index (κ3) is 4.39. The van der Waals surface area contributed by atoms with E-state index in [1.165, 1.54) is 12.1 Å². The zero-order chi connectivity index (χ0) is 19.4. The lowest BCUT2D eigenvalue weighted by Gasteiger charge is -2.07. The molecule has 1 heterocycles. The van der Waals surface area contributed by atoms with Gasteiger partial charge in [-0.25, -0.2) is 0 Å². The van der Waals surface area contributed by atoms with Gasteiger partial charge in [-0.15, -0.1) is 0 Å². The quantitative estimate of drug-likeness (QED) is 0.580. The van der Waals surface area contributed by atoms with Crippen LogP contribution >= 0.6 is 23.2 Å². The second-order valence-corrected chi connectivity index (χ2v) is 6.27. The standard InChI is InChI=1S/C18H14Cl2N4O3/c1-27-12-5-2-10(3-6-12)15-9-16(22-21-15)18(26)24-23-17(25)13-8-11(19)4-7-14(13)20/h2-9H,1H3,(H,21,22)(H,23,25)(H,24,26). The van der Waals surface area contributed by atoms with Gasteiger partial charge in [-0.1, -0.05) is 23.2 Å². The van der Waals surface area contributed by atoms with Crippen LogP contribution in [0.3, 0.4) is 0 Å². The molecule has 27 heavy (non-hydrogen) atoms. The maximum atomic E-state index is 12.2. The van der Waals surface area contributed by atoms with Crippen molar-refractivity contribution in [2.75, 3.05) is 7.11 Å². The van der Waals surface area contributed by atoms with E-state index < -0.39 is 11.8 Å². The Bertz CT molecular complexity index is 987. The van der Waals surface area contributed by atoms with Crippen molar-refractivity contribution in [1.82, 2.24) is 21.0 Å². The number of aromatic nitrogens is 2. The second kappa shape index (κ2) is 8.11. The average molecular weight is 405 g/mol. The molecule has 7 nitrogen and oxygen atoms in total. The molecule has 0 radical (unpaired) electrons. The fourth-order valence-electron chi connectivity index (χ4n) is 2.27. The number of hydrogen-bond donors (Lipinski definition) is 3. The van der Waals surface area contributed by atoms with Crippen LogP contribution in [0, 0.1) is 0 Å². The molecule has 0 aliphatic heterocycles. The molecule has 9 heteroatoms. The van der Waals surface area contributed by atoms with Crippen molar-refractivity contribution in [2.24, 2.45) is 0 Å². The number of carbonyl (C=O) groups excluding carboxylic acids is 2. The summed E-state index contributed by atoms with van der Waals surface area (Å²) in [7, 11) is 1.58. The Morgan fingerprint density at radius 1 is 1.00 bits per heavy atom. The molecule has 3 rings (SSSR count). The Balaban J connectivity index is 1.65. The number of H-pyrrole nitrogens is 1. The zero-order valence-corrected chi connectivity index (χ0v) is 15.6. The number of benzene rings is 2. The van der Waals surface area contributed by atoms with E-state index in [9.17, 15) is 9.59 Å². The minimum atomic E-state index is -0.592. The summed E-state index contributed by atoms with van der Waals surface area (Å²) >= 11 is 11.8. The van der Waals surface area contributed by atoms with E-state index in [-0.39, 0.29) is 16.3 Å². The van der Waals surface area contributed by atoms with Gasteiger partial charge < -0.3 is 4.74 Å². The predicted octanol–water partition coefficient (Wildman–Crippen LogP) is 3.47. The SMILES string of the molecule is COc1ccc(-c2cc(C(=O)NNC(=O)c3cc(Cl)ccc3Cl)[nH]n2)cc1. The van der Waals surface area contributed by atoms with Crippen LogP contribution in [0.5, 0.6) is 5.75 Å². The molecule has 0 fully saturated rings. The summed E-state index contributed by atoms with van der Waals surface area (Å²) in [5, 5.41) is 7.29. The first-order valence-corrected chi connectivity index (χ1v) is 8.49. The summed E-state index contributed by atoms with van der Waals surface area (Å²) in [6, 6.07) is 13.2. The number of rotatable bonds is 4. The number of methoxy groups -OCH3 is 1. The van der Waals surface area contributed by atoms with Gasteiger partial charge in [0.1, 0.15) is 11.4 Å². The summed E-state index contributed by atoms with van der Waals surface area (Å²) in [6.45, 7) is 0. The number of amides is 2. The summed E-state index contributed by atoms with van der Waals surface area (Å²) < 4.78 is 5.10. The smallest absolute Gasteiger partial charge is 0.287 e. The molecule has 3 aromatic rings. The summed E-state index contributed by atoms with van der Waals surface area (Å²) in [5.74, 6) is -0.436. The molecule has 2 amide bonds. The highest BCUT2D eigenvalue weighted by atomic mass is 35.5. The van der Waals surface area contributed by atoms with E-state index in [0.717, 1.165) is 11.3 Å². The van der Waals surface area contributed by atoms with Crippen molar-refractivity contribution in [3.63, 3.8) is 0 Å². The van der Waals surface area contributed by atoms with Crippen LogP contribution in [0.15, 0.2) is 48.5 Å². The summed E-state index contributed by atoms with van der Waals surface area (Å²) in [6.07, 6.45) is 0. The largest absolute Gasteiger partial charge is 0.497 e. The van der Waals surface area contributed by atoms with Crippen LogP contribution in [0.25, 0.3) is 11.3 Å². The van der Waals surface area contributed by atoms with Gasteiger partial charge in [0, 0.05) is 10.6 Å². The van der Waals surface area contributed by atoms with Crippen molar-refractivity contribution in [3.05, 3.63) is 69.8 Å². The number of aromatic amines is 1. The molecule has 1 aromatic heterocycles. The van der Waals surface area contributed by atoms with E-state index in [1.807, 2.05) is 12.1 Å². The average Bonchev–Trinajstić information content (AvgIpc) is 3.18. The highest BCUT2D eigenvalue weighted by Gasteiger charge is 2.15. The van der Waals surface area contributed by atoms with E-state index >= 15 is 0 Å². The molecule has 0 spiro atoms. The Hall–Kier alpha value is -3.03. The topological polar surface area (TPSA) is 96.1 Å². The van der Waals surface area contributed by atoms with Crippen molar-refractivity contribution in [3.8, 4) is 17.0 Å². The maximum absolute atomic E-state index is 12.2. The molecule has 2 aromatic carbocycles. The molecule has 3 N–H and O–H groups in total. The summed E-state index contributed by atoms with van der Waals surface area (Å²) in [4.78, 5) is 24.3.